The third-order valence-electron chi connectivity index (χ3n) is 2.50. The zero-order chi connectivity index (χ0) is 8.67. The van der Waals surface area contributed by atoms with E-state index >= 15 is 0 Å². The number of rotatable bonds is 0. The van der Waals surface area contributed by atoms with E-state index in [9.17, 15) is 0 Å². The summed E-state index contributed by atoms with van der Waals surface area (Å²) in [7, 11) is 0. The second kappa shape index (κ2) is 2.39. The maximum atomic E-state index is 3.39. The van der Waals surface area contributed by atoms with Gasteiger partial charge in [0.2, 0.25) is 0 Å². The molecule has 64 valence electrons. The first kappa shape index (κ1) is 6.78. The molecule has 0 aliphatic carbocycles. The minimum Gasteiger partial charge on any atom is -0.366 e. The topological polar surface area (TPSA) is 27.8 Å². The van der Waals surface area contributed by atoms with Crippen LogP contribution >= 0.6 is 0 Å². The van der Waals surface area contributed by atoms with Crippen molar-refractivity contribution in [3.63, 3.8) is 0 Å². The highest BCUT2D eigenvalue weighted by Gasteiger charge is 2.13. The van der Waals surface area contributed by atoms with Crippen molar-refractivity contribution in [2.45, 2.75) is 6.42 Å². The lowest BCUT2D eigenvalue weighted by atomic mass is 10.0. The second-order valence-electron chi connectivity index (χ2n) is 3.35. The first-order valence-electron chi connectivity index (χ1n) is 4.44. The molecule has 1 aliphatic heterocycles. The molecule has 2 aromatic rings. The molecule has 0 saturated carbocycles. The van der Waals surface area contributed by atoms with Crippen molar-refractivity contribution in [1.29, 1.82) is 0 Å². The van der Waals surface area contributed by atoms with Crippen LogP contribution < -0.4 is 5.32 Å². The molecule has 0 radical (unpaired) electrons. The number of aromatic amines is 1. The molecular weight excluding hydrogens is 160 g/mol. The van der Waals surface area contributed by atoms with E-state index in [1.165, 1.54) is 22.5 Å². The first-order chi connectivity index (χ1) is 6.43. The molecule has 1 aromatic heterocycles. The summed E-state index contributed by atoms with van der Waals surface area (Å²) in [4.78, 5) is 3.11. The summed E-state index contributed by atoms with van der Waals surface area (Å²) >= 11 is 0. The van der Waals surface area contributed by atoms with Crippen molar-refractivity contribution in [3.8, 4) is 0 Å². The van der Waals surface area contributed by atoms with Crippen LogP contribution in [0, 0.1) is 0 Å². The molecule has 0 unspecified atom stereocenters. The minimum absolute atomic E-state index is 1.03. The molecule has 0 bridgehead atoms. The number of aromatic nitrogens is 1. The molecule has 1 aliphatic rings. The smallest absolute Gasteiger partial charge is 0.0597 e. The Morgan fingerprint density at radius 3 is 2.85 bits per heavy atom. The van der Waals surface area contributed by atoms with E-state index in [-0.39, 0.29) is 0 Å². The van der Waals surface area contributed by atoms with Gasteiger partial charge in [0, 0.05) is 24.5 Å². The maximum Gasteiger partial charge on any atom is 0.0597 e. The average molecular weight is 170 g/mol. The maximum absolute atomic E-state index is 3.39. The number of fused-ring (bicyclic) bond motifs is 2. The Balaban J connectivity index is 2.14. The molecule has 0 saturated heterocycles. The number of hydrogen-bond donors (Lipinski definition) is 2. The van der Waals surface area contributed by atoms with Gasteiger partial charge < -0.3 is 10.3 Å². The molecule has 0 spiro atoms. The Kier molecular flexibility index (Phi) is 1.25. The molecule has 2 heteroatoms. The zero-order valence-corrected chi connectivity index (χ0v) is 7.17. The summed E-state index contributed by atoms with van der Waals surface area (Å²) in [6, 6.07) is 8.42. The van der Waals surface area contributed by atoms with E-state index < -0.39 is 0 Å². The van der Waals surface area contributed by atoms with Crippen LogP contribution in [0.25, 0.3) is 0 Å². The van der Waals surface area contributed by atoms with Gasteiger partial charge in [-0.15, -0.1) is 0 Å². The average Bonchev–Trinajstić information content (AvgIpc) is 2.61. The van der Waals surface area contributed by atoms with E-state index in [0.29, 0.717) is 0 Å². The van der Waals surface area contributed by atoms with Crippen LogP contribution in [0.1, 0.15) is 11.1 Å². The van der Waals surface area contributed by atoms with Crippen molar-refractivity contribution < 1.29 is 0 Å². The lowest BCUT2D eigenvalue weighted by Crippen LogP contribution is -2.03. The van der Waals surface area contributed by atoms with Crippen LogP contribution in [-0.2, 0) is 6.42 Å². The standard InChI is InChI=1S/C11H10N2/c1-2-4-10-8(3-1)5-9-6-12-7-11(9)13-10/h1-4,6-7,12-13H,5H2. The van der Waals surface area contributed by atoms with Gasteiger partial charge in [0.1, 0.15) is 0 Å². The number of anilines is 2. The zero-order valence-electron chi connectivity index (χ0n) is 7.17. The Hall–Kier alpha value is -1.70. The predicted molar refractivity (Wildman–Crippen MR) is 53.3 cm³/mol. The van der Waals surface area contributed by atoms with Gasteiger partial charge in [-0.1, -0.05) is 18.2 Å². The van der Waals surface area contributed by atoms with Gasteiger partial charge in [-0.3, -0.25) is 0 Å². The normalized spacial score (nSPS) is 12.9. The molecule has 2 nitrogen and oxygen atoms in total. The third kappa shape index (κ3) is 0.952. The lowest BCUT2D eigenvalue weighted by molar-refractivity contribution is 1.17. The fourth-order valence-corrected chi connectivity index (χ4v) is 1.81. The quantitative estimate of drug-likeness (QED) is 0.533. The molecular formula is C11H10N2. The monoisotopic (exact) mass is 170 g/mol. The van der Waals surface area contributed by atoms with E-state index in [4.69, 9.17) is 0 Å². The van der Waals surface area contributed by atoms with Crippen molar-refractivity contribution in [2.75, 3.05) is 5.32 Å². The van der Waals surface area contributed by atoms with Crippen molar-refractivity contribution in [2.24, 2.45) is 0 Å². The summed E-state index contributed by atoms with van der Waals surface area (Å²) in [6.45, 7) is 0. The number of H-pyrrole nitrogens is 1. The Morgan fingerprint density at radius 1 is 0.923 bits per heavy atom. The van der Waals surface area contributed by atoms with E-state index in [2.05, 4.69) is 40.8 Å². The van der Waals surface area contributed by atoms with Gasteiger partial charge in [0.05, 0.1) is 5.69 Å². The van der Waals surface area contributed by atoms with E-state index in [0.717, 1.165) is 6.42 Å². The van der Waals surface area contributed by atoms with Gasteiger partial charge >= 0.3 is 0 Å². The SMILES string of the molecule is c1ccc2c(c1)Cc1c[nH]cc1N2. The Bertz CT molecular complexity index is 403. The number of hydrogen-bond acceptors (Lipinski definition) is 1. The largest absolute Gasteiger partial charge is 0.366 e. The number of para-hydroxylation sites is 1. The predicted octanol–water partition coefficient (Wildman–Crippen LogP) is 2.66. The fourth-order valence-electron chi connectivity index (χ4n) is 1.81. The molecule has 2 heterocycles. The van der Waals surface area contributed by atoms with Crippen LogP contribution in [0.4, 0.5) is 11.4 Å². The number of benzene rings is 1. The van der Waals surface area contributed by atoms with Crippen LogP contribution in [-0.4, -0.2) is 4.98 Å². The van der Waals surface area contributed by atoms with Crippen molar-refractivity contribution in [1.82, 2.24) is 4.98 Å². The van der Waals surface area contributed by atoms with Gasteiger partial charge in [-0.05, 0) is 17.2 Å². The fraction of sp³-hybridized carbons (Fsp3) is 0.0909. The van der Waals surface area contributed by atoms with Crippen LogP contribution in [0.3, 0.4) is 0 Å². The molecule has 2 N–H and O–H groups in total. The van der Waals surface area contributed by atoms with E-state index in [1.807, 2.05) is 6.20 Å². The summed E-state index contributed by atoms with van der Waals surface area (Å²) in [5.41, 5.74) is 5.15. The highest BCUT2D eigenvalue weighted by molar-refractivity contribution is 5.70. The van der Waals surface area contributed by atoms with Gasteiger partial charge in [0.25, 0.3) is 0 Å². The van der Waals surface area contributed by atoms with Crippen LogP contribution in [0.5, 0.6) is 0 Å². The molecule has 0 atom stereocenters. The lowest BCUT2D eigenvalue weighted by Gasteiger charge is -2.17. The first-order valence-corrected chi connectivity index (χ1v) is 4.44. The summed E-state index contributed by atoms with van der Waals surface area (Å²) in [5, 5.41) is 3.39. The van der Waals surface area contributed by atoms with Crippen molar-refractivity contribution in [3.05, 3.63) is 47.8 Å². The Morgan fingerprint density at radius 2 is 1.85 bits per heavy atom. The van der Waals surface area contributed by atoms with Crippen LogP contribution in [0.15, 0.2) is 36.7 Å². The van der Waals surface area contributed by atoms with Gasteiger partial charge in [0.15, 0.2) is 0 Å². The Labute approximate surface area is 76.6 Å². The molecule has 13 heavy (non-hydrogen) atoms. The molecule has 1 aromatic carbocycles. The van der Waals surface area contributed by atoms with E-state index in [1.54, 1.807) is 0 Å². The van der Waals surface area contributed by atoms with Gasteiger partial charge in [-0.2, -0.15) is 0 Å². The van der Waals surface area contributed by atoms with Crippen LogP contribution in [0.2, 0.25) is 0 Å². The number of nitrogens with one attached hydrogen (secondary N) is 2. The minimum atomic E-state index is 1.03. The molecule has 3 rings (SSSR count). The summed E-state index contributed by atoms with van der Waals surface area (Å²) in [5.74, 6) is 0. The van der Waals surface area contributed by atoms with Gasteiger partial charge in [-0.25, -0.2) is 0 Å². The highest BCUT2D eigenvalue weighted by Crippen LogP contribution is 2.31. The molecule has 0 fully saturated rings. The third-order valence-corrected chi connectivity index (χ3v) is 2.50. The molecule has 0 amide bonds. The summed E-state index contributed by atoms with van der Waals surface area (Å²) < 4.78 is 0. The summed E-state index contributed by atoms with van der Waals surface area (Å²) in [6.07, 6.45) is 5.09. The highest BCUT2D eigenvalue weighted by atomic mass is 14.9. The second-order valence-corrected chi connectivity index (χ2v) is 3.35. The van der Waals surface area contributed by atoms with Crippen molar-refractivity contribution >= 4 is 11.4 Å².